The van der Waals surface area contributed by atoms with Crippen molar-refractivity contribution in [3.63, 3.8) is 0 Å². The van der Waals surface area contributed by atoms with Crippen molar-refractivity contribution in [2.75, 3.05) is 0 Å². The number of hydrogen-bond acceptors (Lipinski definition) is 5. The molecule has 0 saturated heterocycles. The molecule has 0 bridgehead atoms. The normalized spacial score (nSPS) is 12.6. The van der Waals surface area contributed by atoms with Gasteiger partial charge in [-0.2, -0.15) is 0 Å². The van der Waals surface area contributed by atoms with E-state index < -0.39 is 9.84 Å². The molecule has 0 spiro atoms. The lowest BCUT2D eigenvalue weighted by Gasteiger charge is -2.14. The van der Waals surface area contributed by atoms with E-state index >= 15 is 0 Å². The molecular formula is C15H19NO3S2. The maximum Gasteiger partial charge on any atom is 0.209 e. The first-order valence-corrected chi connectivity index (χ1v) is 9.07. The second-order valence-electron chi connectivity index (χ2n) is 5.97. The molecule has 0 aliphatic heterocycles. The molecule has 1 heterocycles. The summed E-state index contributed by atoms with van der Waals surface area (Å²) < 4.78 is 25.0. The van der Waals surface area contributed by atoms with E-state index in [1.807, 2.05) is 20.8 Å². The number of thiazole rings is 1. The van der Waals surface area contributed by atoms with Gasteiger partial charge in [0.1, 0.15) is 0 Å². The first-order valence-electron chi connectivity index (χ1n) is 6.60. The van der Waals surface area contributed by atoms with E-state index in [1.165, 1.54) is 11.3 Å². The van der Waals surface area contributed by atoms with Crippen LogP contribution in [-0.2, 0) is 27.6 Å². The zero-order valence-electron chi connectivity index (χ0n) is 12.3. The second kappa shape index (κ2) is 5.87. The number of nitrogens with zero attached hydrogens (tertiary/aromatic N) is 1. The smallest absolute Gasteiger partial charge is 0.209 e. The summed E-state index contributed by atoms with van der Waals surface area (Å²) in [6.07, 6.45) is 1.65. The summed E-state index contributed by atoms with van der Waals surface area (Å²) in [7, 11) is -3.43. The minimum atomic E-state index is -3.43. The summed E-state index contributed by atoms with van der Waals surface area (Å²) in [5.41, 5.74) is 1.36. The van der Waals surface area contributed by atoms with Gasteiger partial charge in [-0.15, -0.1) is 11.3 Å². The Morgan fingerprint density at radius 3 is 2.19 bits per heavy atom. The predicted molar refractivity (Wildman–Crippen MR) is 84.1 cm³/mol. The van der Waals surface area contributed by atoms with Crippen LogP contribution in [0, 0.1) is 0 Å². The zero-order chi connectivity index (χ0) is 15.7. The van der Waals surface area contributed by atoms with Gasteiger partial charge >= 0.3 is 0 Å². The maximum absolute atomic E-state index is 12.4. The summed E-state index contributed by atoms with van der Waals surface area (Å²) in [5.74, 6) is -0.0736. The SMILES string of the molecule is CC(C)(C)c1cnc(S(=O)(=O)Cc2ccc(CO)cc2)s1. The van der Waals surface area contributed by atoms with Crippen LogP contribution in [0.3, 0.4) is 0 Å². The third kappa shape index (κ3) is 3.90. The van der Waals surface area contributed by atoms with Crippen molar-refractivity contribution in [3.8, 4) is 0 Å². The summed E-state index contributed by atoms with van der Waals surface area (Å²) >= 11 is 1.23. The molecule has 1 N–H and O–H groups in total. The fourth-order valence-corrected chi connectivity index (χ4v) is 4.40. The molecule has 2 rings (SSSR count). The summed E-state index contributed by atoms with van der Waals surface area (Å²) in [6, 6.07) is 6.91. The van der Waals surface area contributed by atoms with Crippen molar-refractivity contribution in [1.82, 2.24) is 4.98 Å². The highest BCUT2D eigenvalue weighted by Gasteiger charge is 2.24. The van der Waals surface area contributed by atoms with E-state index in [2.05, 4.69) is 4.98 Å². The lowest BCUT2D eigenvalue weighted by molar-refractivity contribution is 0.282. The van der Waals surface area contributed by atoms with Crippen molar-refractivity contribution in [2.24, 2.45) is 0 Å². The van der Waals surface area contributed by atoms with Crippen LogP contribution < -0.4 is 0 Å². The molecule has 2 aromatic rings. The molecule has 0 unspecified atom stereocenters. The van der Waals surface area contributed by atoms with Crippen LogP contribution in [0.2, 0.25) is 0 Å². The molecule has 0 aliphatic carbocycles. The number of rotatable bonds is 4. The average Bonchev–Trinajstić information content (AvgIpc) is 2.89. The predicted octanol–water partition coefficient (Wildman–Crippen LogP) is 2.91. The Morgan fingerprint density at radius 2 is 1.71 bits per heavy atom. The second-order valence-corrected chi connectivity index (χ2v) is 9.17. The number of aromatic nitrogens is 1. The van der Waals surface area contributed by atoms with Crippen molar-refractivity contribution in [3.05, 3.63) is 46.5 Å². The van der Waals surface area contributed by atoms with Crippen LogP contribution in [0.1, 0.15) is 36.8 Å². The van der Waals surface area contributed by atoms with Gasteiger partial charge in [0.2, 0.25) is 14.2 Å². The molecule has 1 aromatic heterocycles. The minimum absolute atomic E-state index is 0.0472. The van der Waals surface area contributed by atoms with Crippen molar-refractivity contribution < 1.29 is 13.5 Å². The maximum atomic E-state index is 12.4. The number of aliphatic hydroxyl groups excluding tert-OH is 1. The van der Waals surface area contributed by atoms with Crippen LogP contribution in [-0.4, -0.2) is 18.5 Å². The lowest BCUT2D eigenvalue weighted by atomic mass is 9.96. The molecule has 0 saturated carbocycles. The van der Waals surface area contributed by atoms with Crippen LogP contribution >= 0.6 is 11.3 Å². The van der Waals surface area contributed by atoms with Gasteiger partial charge in [0.05, 0.1) is 12.4 Å². The molecule has 0 radical (unpaired) electrons. The number of sulfone groups is 1. The van der Waals surface area contributed by atoms with Gasteiger partial charge in [-0.3, -0.25) is 0 Å². The van der Waals surface area contributed by atoms with Gasteiger partial charge < -0.3 is 5.11 Å². The molecule has 0 aliphatic rings. The molecule has 4 nitrogen and oxygen atoms in total. The third-order valence-corrected chi connectivity index (χ3v) is 6.63. The van der Waals surface area contributed by atoms with E-state index in [0.717, 1.165) is 10.4 Å². The number of benzene rings is 1. The van der Waals surface area contributed by atoms with Gasteiger partial charge in [0.15, 0.2) is 0 Å². The Labute approximate surface area is 129 Å². The summed E-state index contributed by atoms with van der Waals surface area (Å²) in [4.78, 5) is 5.03. The standard InChI is InChI=1S/C15H19NO3S2/c1-15(2,3)13-8-16-14(20-13)21(18,19)10-12-6-4-11(9-17)5-7-12/h4-8,17H,9-10H2,1-3H3. The lowest BCUT2D eigenvalue weighted by Crippen LogP contribution is -2.08. The molecule has 0 fully saturated rings. The number of aliphatic hydroxyl groups is 1. The van der Waals surface area contributed by atoms with Crippen LogP contribution in [0.15, 0.2) is 34.8 Å². The van der Waals surface area contributed by atoms with Gasteiger partial charge in [0.25, 0.3) is 0 Å². The van der Waals surface area contributed by atoms with Crippen LogP contribution in [0.25, 0.3) is 0 Å². The van der Waals surface area contributed by atoms with Crippen LogP contribution in [0.5, 0.6) is 0 Å². The topological polar surface area (TPSA) is 67.3 Å². The van der Waals surface area contributed by atoms with E-state index in [9.17, 15) is 8.42 Å². The Kier molecular flexibility index (Phi) is 4.51. The quantitative estimate of drug-likeness (QED) is 0.938. The first-order chi connectivity index (χ1) is 9.72. The largest absolute Gasteiger partial charge is 0.392 e. The highest BCUT2D eigenvalue weighted by atomic mass is 32.2. The summed E-state index contributed by atoms with van der Waals surface area (Å²) in [6.45, 7) is 6.05. The van der Waals surface area contributed by atoms with Crippen molar-refractivity contribution >= 4 is 21.2 Å². The van der Waals surface area contributed by atoms with Gasteiger partial charge in [-0.05, 0) is 16.5 Å². The molecule has 21 heavy (non-hydrogen) atoms. The fourth-order valence-electron chi connectivity index (χ4n) is 1.77. The first kappa shape index (κ1) is 16.1. The van der Waals surface area contributed by atoms with E-state index in [-0.39, 0.29) is 22.1 Å². The van der Waals surface area contributed by atoms with Gasteiger partial charge in [0, 0.05) is 11.1 Å². The van der Waals surface area contributed by atoms with E-state index in [1.54, 1.807) is 30.5 Å². The van der Waals surface area contributed by atoms with Crippen LogP contribution in [0.4, 0.5) is 0 Å². The molecule has 0 atom stereocenters. The Morgan fingerprint density at radius 1 is 1.14 bits per heavy atom. The monoisotopic (exact) mass is 325 g/mol. The molecule has 6 heteroatoms. The highest BCUT2D eigenvalue weighted by molar-refractivity contribution is 7.92. The third-order valence-electron chi connectivity index (χ3n) is 3.05. The average molecular weight is 325 g/mol. The zero-order valence-corrected chi connectivity index (χ0v) is 14.0. The van der Waals surface area contributed by atoms with E-state index in [4.69, 9.17) is 5.11 Å². The summed E-state index contributed by atoms with van der Waals surface area (Å²) in [5, 5.41) is 8.99. The minimum Gasteiger partial charge on any atom is -0.392 e. The van der Waals surface area contributed by atoms with Crippen molar-refractivity contribution in [2.45, 2.75) is 42.9 Å². The molecule has 1 aromatic carbocycles. The molecular weight excluding hydrogens is 306 g/mol. The Hall–Kier alpha value is -1.24. The Balaban J connectivity index is 2.23. The molecule has 0 amide bonds. The molecule has 114 valence electrons. The number of hydrogen-bond donors (Lipinski definition) is 1. The fraction of sp³-hybridized carbons (Fsp3) is 0.400. The van der Waals surface area contributed by atoms with Crippen molar-refractivity contribution in [1.29, 1.82) is 0 Å². The van der Waals surface area contributed by atoms with E-state index in [0.29, 0.717) is 5.56 Å². The Bertz CT molecular complexity index is 710. The highest BCUT2D eigenvalue weighted by Crippen LogP contribution is 2.30. The van der Waals surface area contributed by atoms with Gasteiger partial charge in [-0.25, -0.2) is 13.4 Å². The van der Waals surface area contributed by atoms with Gasteiger partial charge in [-0.1, -0.05) is 45.0 Å².